The highest BCUT2D eigenvalue weighted by molar-refractivity contribution is 6.04. The van der Waals surface area contributed by atoms with E-state index in [1.54, 1.807) is 42.1 Å². The van der Waals surface area contributed by atoms with Crippen molar-refractivity contribution in [2.75, 3.05) is 41.8 Å². The van der Waals surface area contributed by atoms with Crippen molar-refractivity contribution in [3.63, 3.8) is 0 Å². The molecule has 0 atom stereocenters. The predicted octanol–water partition coefficient (Wildman–Crippen LogP) is 6.76. The number of aryl methyl sites for hydroxylation is 2. The predicted molar refractivity (Wildman–Crippen MR) is 169 cm³/mol. The van der Waals surface area contributed by atoms with Gasteiger partial charge < -0.3 is 24.8 Å². The van der Waals surface area contributed by atoms with Crippen LogP contribution in [-0.4, -0.2) is 41.8 Å². The van der Waals surface area contributed by atoms with Gasteiger partial charge in [0.25, 0.3) is 11.5 Å². The Morgan fingerprint density at radius 1 is 0.911 bits per heavy atom. The van der Waals surface area contributed by atoms with E-state index in [2.05, 4.69) is 32.7 Å². The van der Waals surface area contributed by atoms with Crippen LogP contribution in [0.15, 0.2) is 89.9 Å². The second-order valence-corrected chi connectivity index (χ2v) is 10.9. The van der Waals surface area contributed by atoms with E-state index < -0.39 is 17.6 Å². The lowest BCUT2D eigenvalue weighted by molar-refractivity contribution is -0.137. The number of pyridine rings is 2. The van der Waals surface area contributed by atoms with E-state index in [-0.39, 0.29) is 11.1 Å². The molecule has 11 heteroatoms. The molecule has 3 heterocycles. The smallest absolute Gasteiger partial charge is 0.378 e. The number of ether oxygens (including phenoxy) is 1. The number of rotatable bonds is 6. The van der Waals surface area contributed by atoms with Crippen LogP contribution < -0.4 is 21.1 Å². The molecule has 0 bridgehead atoms. The highest BCUT2D eigenvalue weighted by Crippen LogP contribution is 2.31. The molecule has 0 unspecified atom stereocenters. The Labute approximate surface area is 257 Å². The Kier molecular flexibility index (Phi) is 8.03. The summed E-state index contributed by atoms with van der Waals surface area (Å²) in [7, 11) is 1.68. The third kappa shape index (κ3) is 6.39. The second-order valence-electron chi connectivity index (χ2n) is 10.9. The van der Waals surface area contributed by atoms with Gasteiger partial charge in [0.15, 0.2) is 0 Å². The molecule has 0 saturated carbocycles. The fraction of sp³-hybridized carbons (Fsp3) is 0.206. The zero-order valence-corrected chi connectivity index (χ0v) is 24.6. The third-order valence-electron chi connectivity index (χ3n) is 7.86. The molecule has 1 saturated heterocycles. The minimum Gasteiger partial charge on any atom is -0.378 e. The van der Waals surface area contributed by atoms with E-state index in [4.69, 9.17) is 4.74 Å². The summed E-state index contributed by atoms with van der Waals surface area (Å²) in [6, 6.07) is 20.9. The number of halogens is 3. The maximum atomic E-state index is 13.6. The van der Waals surface area contributed by atoms with E-state index in [9.17, 15) is 22.8 Å². The average Bonchev–Trinajstić information content (AvgIpc) is 3.04. The first-order chi connectivity index (χ1) is 21.6. The third-order valence-corrected chi connectivity index (χ3v) is 7.86. The zero-order chi connectivity index (χ0) is 31.7. The van der Waals surface area contributed by atoms with Gasteiger partial charge in [0, 0.05) is 66.0 Å². The Bertz CT molecular complexity index is 1950. The first kappa shape index (κ1) is 29.9. The monoisotopic (exact) mass is 613 g/mol. The van der Waals surface area contributed by atoms with Crippen LogP contribution >= 0.6 is 0 Å². The number of fused-ring (bicyclic) bond motifs is 1. The minimum atomic E-state index is -4.57. The number of aromatic nitrogens is 2. The summed E-state index contributed by atoms with van der Waals surface area (Å²) in [6.45, 7) is 4.98. The van der Waals surface area contributed by atoms with Crippen molar-refractivity contribution >= 4 is 39.7 Å². The van der Waals surface area contributed by atoms with Crippen LogP contribution in [0.4, 0.5) is 36.1 Å². The number of amides is 1. The normalized spacial score (nSPS) is 13.6. The number of carbonyl (C=O) groups excluding carboxylic acids is 1. The lowest BCUT2D eigenvalue weighted by atomic mass is 9.99. The van der Waals surface area contributed by atoms with E-state index in [0.29, 0.717) is 41.4 Å². The number of carbonyl (C=O) groups is 1. The number of nitrogens with zero attached hydrogens (tertiary/aromatic N) is 3. The molecule has 45 heavy (non-hydrogen) atoms. The van der Waals surface area contributed by atoms with Crippen molar-refractivity contribution in [3.05, 3.63) is 112 Å². The van der Waals surface area contributed by atoms with Crippen LogP contribution in [0.5, 0.6) is 0 Å². The molecule has 5 aromatic rings. The standard InChI is InChI=1S/C34H30F3N5O3/c1-21-6-7-26(40-32(43)22-4-3-5-24(16-22)34(35,36)37)18-28(21)29-17-23-20-38-31(19-30(23)41(2)33(29)44)39-25-8-10-27(11-9-25)42-12-14-45-15-13-42/h3-11,16-20H,12-15H2,1-2H3,(H,38,39)(H,40,43). The molecule has 2 N–H and O–H groups in total. The molecule has 8 nitrogen and oxygen atoms in total. The Morgan fingerprint density at radius 3 is 2.38 bits per heavy atom. The van der Waals surface area contributed by atoms with Gasteiger partial charge in [-0.1, -0.05) is 12.1 Å². The molecule has 6 rings (SSSR count). The molecular formula is C34H30F3N5O3. The van der Waals surface area contributed by atoms with Gasteiger partial charge in [-0.2, -0.15) is 13.2 Å². The van der Waals surface area contributed by atoms with E-state index in [0.717, 1.165) is 47.5 Å². The highest BCUT2D eigenvalue weighted by Gasteiger charge is 2.31. The van der Waals surface area contributed by atoms with Crippen LogP contribution in [0.2, 0.25) is 0 Å². The van der Waals surface area contributed by atoms with E-state index >= 15 is 0 Å². The lowest BCUT2D eigenvalue weighted by Crippen LogP contribution is -2.36. The molecule has 1 amide bonds. The van der Waals surface area contributed by atoms with Gasteiger partial charge in [-0.15, -0.1) is 0 Å². The quantitative estimate of drug-likeness (QED) is 0.220. The van der Waals surface area contributed by atoms with Crippen LogP contribution in [-0.2, 0) is 18.0 Å². The summed E-state index contributed by atoms with van der Waals surface area (Å²) in [5.74, 6) is -0.109. The molecule has 2 aromatic heterocycles. The average molecular weight is 614 g/mol. The van der Waals surface area contributed by atoms with Crippen LogP contribution in [0.3, 0.4) is 0 Å². The summed E-state index contributed by atoms with van der Waals surface area (Å²) >= 11 is 0. The second kappa shape index (κ2) is 12.1. The zero-order valence-electron chi connectivity index (χ0n) is 24.6. The van der Waals surface area contributed by atoms with Crippen molar-refractivity contribution in [2.24, 2.45) is 7.05 Å². The van der Waals surface area contributed by atoms with Crippen LogP contribution in [0.1, 0.15) is 21.5 Å². The number of morpholine rings is 1. The fourth-order valence-corrected chi connectivity index (χ4v) is 5.38. The maximum Gasteiger partial charge on any atom is 0.416 e. The van der Waals surface area contributed by atoms with Gasteiger partial charge in [-0.25, -0.2) is 4.98 Å². The SMILES string of the molecule is Cc1ccc(NC(=O)c2cccc(C(F)(F)F)c2)cc1-c1cc2cnc(Nc3ccc(N4CCOCC4)cc3)cc2n(C)c1=O. The number of nitrogens with one attached hydrogen (secondary N) is 2. The summed E-state index contributed by atoms with van der Waals surface area (Å²) in [4.78, 5) is 33.2. The topological polar surface area (TPSA) is 88.5 Å². The van der Waals surface area contributed by atoms with Gasteiger partial charge >= 0.3 is 6.18 Å². The molecule has 230 valence electrons. The molecule has 1 fully saturated rings. The molecule has 1 aliphatic rings. The van der Waals surface area contributed by atoms with Gasteiger partial charge in [0.2, 0.25) is 0 Å². The van der Waals surface area contributed by atoms with Crippen molar-refractivity contribution in [1.82, 2.24) is 9.55 Å². The largest absolute Gasteiger partial charge is 0.416 e. The Morgan fingerprint density at radius 2 is 1.64 bits per heavy atom. The number of hydrogen-bond donors (Lipinski definition) is 2. The molecule has 1 aliphatic heterocycles. The van der Waals surface area contributed by atoms with Crippen molar-refractivity contribution in [3.8, 4) is 11.1 Å². The summed E-state index contributed by atoms with van der Waals surface area (Å²) in [5, 5.41) is 6.70. The van der Waals surface area contributed by atoms with Crippen molar-refractivity contribution in [1.29, 1.82) is 0 Å². The lowest BCUT2D eigenvalue weighted by Gasteiger charge is -2.28. The summed E-state index contributed by atoms with van der Waals surface area (Å²) in [6.07, 6.45) is -2.87. The Balaban J connectivity index is 1.25. The first-order valence-electron chi connectivity index (χ1n) is 14.4. The van der Waals surface area contributed by atoms with E-state index in [1.807, 2.05) is 25.1 Å². The van der Waals surface area contributed by atoms with Crippen LogP contribution in [0.25, 0.3) is 22.0 Å². The van der Waals surface area contributed by atoms with Crippen molar-refractivity contribution < 1.29 is 22.7 Å². The number of alkyl halides is 3. The number of benzene rings is 3. The number of hydrogen-bond acceptors (Lipinski definition) is 6. The number of anilines is 4. The first-order valence-corrected chi connectivity index (χ1v) is 14.4. The molecule has 0 spiro atoms. The summed E-state index contributed by atoms with van der Waals surface area (Å²) in [5.41, 5.74) is 3.50. The molecule has 3 aromatic carbocycles. The fourth-order valence-electron chi connectivity index (χ4n) is 5.38. The highest BCUT2D eigenvalue weighted by atomic mass is 19.4. The molecular weight excluding hydrogens is 583 g/mol. The van der Waals surface area contributed by atoms with Crippen LogP contribution in [0, 0.1) is 6.92 Å². The Hall–Kier alpha value is -5.16. The van der Waals surface area contributed by atoms with Gasteiger partial charge in [0.05, 0.1) is 24.3 Å². The summed E-state index contributed by atoms with van der Waals surface area (Å²) < 4.78 is 46.4. The van der Waals surface area contributed by atoms with Gasteiger partial charge in [-0.05, 0) is 78.7 Å². The van der Waals surface area contributed by atoms with Gasteiger partial charge in [0.1, 0.15) is 5.82 Å². The minimum absolute atomic E-state index is 0.128. The van der Waals surface area contributed by atoms with E-state index in [1.165, 1.54) is 12.1 Å². The van der Waals surface area contributed by atoms with Gasteiger partial charge in [-0.3, -0.25) is 9.59 Å². The maximum absolute atomic E-state index is 13.6. The molecule has 0 aliphatic carbocycles. The van der Waals surface area contributed by atoms with Crippen molar-refractivity contribution in [2.45, 2.75) is 13.1 Å². The molecule has 0 radical (unpaired) electrons.